The molecule has 2 aliphatic heterocycles. The lowest BCUT2D eigenvalue weighted by Gasteiger charge is -2.27. The van der Waals surface area contributed by atoms with Gasteiger partial charge in [0.1, 0.15) is 41.2 Å². The van der Waals surface area contributed by atoms with Crippen molar-refractivity contribution < 1.29 is 18.8 Å². The highest BCUT2D eigenvalue weighted by Crippen LogP contribution is 2.60. The number of aryl methyl sites for hydroxylation is 1. The van der Waals surface area contributed by atoms with Crippen LogP contribution in [0.4, 0.5) is 10.2 Å². The molecule has 5 heterocycles. The largest absolute Gasteiger partial charge is 0.325 e. The summed E-state index contributed by atoms with van der Waals surface area (Å²) >= 11 is 3.44. The van der Waals surface area contributed by atoms with E-state index in [1.165, 1.54) is 11.6 Å². The zero-order valence-electron chi connectivity index (χ0n) is 28.5. The minimum atomic E-state index is -0.835. The van der Waals surface area contributed by atoms with Crippen LogP contribution in [-0.4, -0.2) is 84.4 Å². The number of hydrogen-bond donors (Lipinski definition) is 1. The number of halogens is 2. The van der Waals surface area contributed by atoms with Crippen molar-refractivity contribution >= 4 is 50.2 Å². The Morgan fingerprint density at radius 2 is 1.90 bits per heavy atom. The van der Waals surface area contributed by atoms with Crippen LogP contribution < -0.4 is 5.32 Å². The summed E-state index contributed by atoms with van der Waals surface area (Å²) in [7, 11) is 2.11. The van der Waals surface area contributed by atoms with E-state index in [0.717, 1.165) is 44.3 Å². The van der Waals surface area contributed by atoms with Gasteiger partial charge >= 0.3 is 0 Å². The number of pyridine rings is 1. The van der Waals surface area contributed by atoms with E-state index in [0.29, 0.717) is 56.7 Å². The summed E-state index contributed by atoms with van der Waals surface area (Å²) in [6, 6.07) is 6.41. The smallest absolute Gasteiger partial charge is 0.248 e. The monoisotopic (exact) mass is 742 g/mol. The minimum absolute atomic E-state index is 0.122. The van der Waals surface area contributed by atoms with Crippen molar-refractivity contribution in [2.45, 2.75) is 77.7 Å². The molecule has 11 nitrogen and oxygen atoms in total. The Balaban J connectivity index is 1.24. The van der Waals surface area contributed by atoms with Crippen LogP contribution in [0.25, 0.3) is 22.0 Å². The molecular weight excluding hydrogens is 703 g/mol. The van der Waals surface area contributed by atoms with Crippen LogP contribution in [0.3, 0.4) is 0 Å². The van der Waals surface area contributed by atoms with E-state index in [1.807, 2.05) is 12.1 Å². The maximum atomic E-state index is 14.7. The number of rotatable bonds is 5. The molecule has 1 aromatic carbocycles. The zero-order valence-corrected chi connectivity index (χ0v) is 30.0. The maximum Gasteiger partial charge on any atom is 0.248 e. The molecule has 0 unspecified atom stereocenters. The van der Waals surface area contributed by atoms with E-state index >= 15 is 0 Å². The number of allylic oxidation sites excluding steroid dienone is 2. The van der Waals surface area contributed by atoms with Gasteiger partial charge in [-0.05, 0) is 104 Å². The summed E-state index contributed by atoms with van der Waals surface area (Å²) < 4.78 is 16.8. The number of fused-ring (bicyclic) bond motifs is 3. The maximum absolute atomic E-state index is 14.7. The number of ketones is 1. The summed E-state index contributed by atoms with van der Waals surface area (Å²) in [6.07, 6.45) is 12.7. The average Bonchev–Trinajstić information content (AvgIpc) is 3.47. The lowest BCUT2D eigenvalue weighted by atomic mass is 9.98. The number of nitrogens with one attached hydrogen (secondary N) is 1. The summed E-state index contributed by atoms with van der Waals surface area (Å²) in [5, 5.41) is 8.08. The number of carbonyl (C=O) groups is 3. The SMILES string of the molecule is CC(=O)c1nn(CC(=O)N2[C@H]3C[C@]4(C[C@@H]24)CN(C)CCCC/C=C\Cc2ccc(Br)nc2NC3=O)c2c(CF)cc(-c3cnc(C)nc3)cc12. The van der Waals surface area contributed by atoms with E-state index in [1.54, 1.807) is 36.4 Å². The Morgan fingerprint density at radius 3 is 2.66 bits per heavy atom. The van der Waals surface area contributed by atoms with Gasteiger partial charge in [-0.1, -0.05) is 18.2 Å². The van der Waals surface area contributed by atoms with Gasteiger partial charge in [-0.2, -0.15) is 5.10 Å². The van der Waals surface area contributed by atoms with Crippen molar-refractivity contribution in [2.75, 3.05) is 25.5 Å². The fourth-order valence-corrected chi connectivity index (χ4v) is 8.07. The molecule has 50 heavy (non-hydrogen) atoms. The van der Waals surface area contributed by atoms with Crippen molar-refractivity contribution in [3.8, 4) is 11.1 Å². The van der Waals surface area contributed by atoms with Crippen LogP contribution in [0.5, 0.6) is 0 Å². The highest BCUT2D eigenvalue weighted by molar-refractivity contribution is 9.10. The Hall–Kier alpha value is -4.36. The van der Waals surface area contributed by atoms with Gasteiger partial charge in [-0.15, -0.1) is 0 Å². The Bertz CT molecular complexity index is 2010. The molecule has 3 atom stereocenters. The Kier molecular flexibility index (Phi) is 9.38. The molecule has 1 saturated carbocycles. The van der Waals surface area contributed by atoms with E-state index in [-0.39, 0.29) is 41.3 Å². The number of hydrogen-bond acceptors (Lipinski definition) is 8. The van der Waals surface area contributed by atoms with Gasteiger partial charge in [0.25, 0.3) is 0 Å². The molecule has 3 aliphatic rings. The number of nitrogens with zero attached hydrogens (tertiary/aromatic N) is 7. The van der Waals surface area contributed by atoms with Crippen LogP contribution in [0, 0.1) is 12.3 Å². The average molecular weight is 744 g/mol. The van der Waals surface area contributed by atoms with Gasteiger partial charge < -0.3 is 15.1 Å². The lowest BCUT2D eigenvalue weighted by molar-refractivity contribution is -0.138. The fraction of sp³-hybridized carbons (Fsp3) is 0.432. The van der Waals surface area contributed by atoms with Crippen LogP contribution in [-0.2, 0) is 29.2 Å². The van der Waals surface area contributed by atoms with Crippen molar-refractivity contribution in [2.24, 2.45) is 5.41 Å². The van der Waals surface area contributed by atoms with Crippen molar-refractivity contribution in [1.29, 1.82) is 0 Å². The molecule has 1 saturated heterocycles. The Morgan fingerprint density at radius 1 is 1.10 bits per heavy atom. The number of likely N-dealkylation sites (tertiary alicyclic amines) is 1. The molecule has 1 aliphatic carbocycles. The fourth-order valence-electron chi connectivity index (χ4n) is 7.77. The zero-order chi connectivity index (χ0) is 35.2. The van der Waals surface area contributed by atoms with Gasteiger partial charge in [-0.25, -0.2) is 19.3 Å². The number of piperidine rings is 1. The third-order valence-electron chi connectivity index (χ3n) is 10.2. The van der Waals surface area contributed by atoms with Crippen LogP contribution in [0.2, 0.25) is 0 Å². The number of anilines is 1. The Labute approximate surface area is 298 Å². The molecular formula is C37H40BrFN8O3. The normalized spacial score (nSPS) is 23.3. The number of aromatic nitrogens is 5. The first-order valence-electron chi connectivity index (χ1n) is 17.1. The van der Waals surface area contributed by atoms with E-state index in [2.05, 4.69) is 65.4 Å². The first-order chi connectivity index (χ1) is 24.1. The first-order valence-corrected chi connectivity index (χ1v) is 17.9. The summed E-state index contributed by atoms with van der Waals surface area (Å²) in [4.78, 5) is 58.6. The highest BCUT2D eigenvalue weighted by atomic mass is 79.9. The molecule has 0 radical (unpaired) electrons. The molecule has 2 fully saturated rings. The predicted molar refractivity (Wildman–Crippen MR) is 191 cm³/mol. The molecule has 1 spiro atoms. The van der Waals surface area contributed by atoms with Crippen LogP contribution >= 0.6 is 15.9 Å². The van der Waals surface area contributed by atoms with Crippen molar-refractivity contribution in [3.05, 3.63) is 76.1 Å². The molecule has 13 heteroatoms. The van der Waals surface area contributed by atoms with E-state index in [4.69, 9.17) is 0 Å². The van der Waals surface area contributed by atoms with Gasteiger partial charge in [0.2, 0.25) is 11.8 Å². The summed E-state index contributed by atoms with van der Waals surface area (Å²) in [5.74, 6) is 0.168. The predicted octanol–water partition coefficient (Wildman–Crippen LogP) is 5.84. The highest BCUT2D eigenvalue weighted by Gasteiger charge is 2.67. The summed E-state index contributed by atoms with van der Waals surface area (Å²) in [6.45, 7) is 3.81. The molecule has 7 rings (SSSR count). The number of alkyl halides is 1. The molecule has 260 valence electrons. The second kappa shape index (κ2) is 13.7. The number of benzene rings is 1. The van der Waals surface area contributed by atoms with Gasteiger partial charge in [0.15, 0.2) is 5.78 Å². The number of carbonyl (C=O) groups excluding carboxylic acids is 3. The molecule has 1 N–H and O–H groups in total. The third-order valence-corrected chi connectivity index (χ3v) is 10.7. The molecule has 2 amide bonds. The van der Waals surface area contributed by atoms with Crippen LogP contribution in [0.15, 0.2) is 53.4 Å². The number of Topliss-reactive ketones (excluding diaryl/α,β-unsaturated/α-hetero) is 1. The van der Waals surface area contributed by atoms with E-state index < -0.39 is 12.7 Å². The molecule has 2 bridgehead atoms. The van der Waals surface area contributed by atoms with Gasteiger partial charge in [0, 0.05) is 53.8 Å². The summed E-state index contributed by atoms with van der Waals surface area (Å²) in [5.41, 5.74) is 2.82. The quantitative estimate of drug-likeness (QED) is 0.154. The van der Waals surface area contributed by atoms with Crippen molar-refractivity contribution in [1.82, 2.24) is 34.5 Å². The third kappa shape index (κ3) is 6.60. The van der Waals surface area contributed by atoms with Gasteiger partial charge in [0.05, 0.1) is 5.52 Å². The van der Waals surface area contributed by atoms with Gasteiger partial charge in [-0.3, -0.25) is 19.1 Å². The van der Waals surface area contributed by atoms with Crippen LogP contribution in [0.1, 0.15) is 66.5 Å². The second-order valence-electron chi connectivity index (χ2n) is 13.9. The topological polar surface area (TPSA) is 126 Å². The minimum Gasteiger partial charge on any atom is -0.325 e. The van der Waals surface area contributed by atoms with Crippen molar-refractivity contribution in [3.63, 3.8) is 0 Å². The first kappa shape index (κ1) is 34.1. The molecule has 4 aromatic rings. The van der Waals surface area contributed by atoms with E-state index in [9.17, 15) is 18.8 Å². The number of amides is 2. The lowest BCUT2D eigenvalue weighted by Crippen LogP contribution is -2.47. The second-order valence-corrected chi connectivity index (χ2v) is 14.7. The molecule has 3 aromatic heterocycles. The standard InChI is InChI=1S/C37H40BrFN8O3/c1-22(48)33-28-14-25(27-18-40-23(2)41-19-27)13-26(17-39)34(28)46(44-33)20-32(49)47-29-15-37(16-30(37)47)21-45(3)12-8-6-4-5-7-9-24-10-11-31(38)42-35(24)43-36(29)50/h5,7,10-11,13-14,18-19,29-30H,4,6,8-9,12,15-17,20-21H2,1-3H3,(H,42,43,50)/b7-5-/t29-,30+,37-/m0/s1.